The molecule has 0 radical (unpaired) electrons. The van der Waals surface area contributed by atoms with Gasteiger partial charge in [-0.1, -0.05) is 23.7 Å². The van der Waals surface area contributed by atoms with Crippen LogP contribution in [-0.2, 0) is 0 Å². The standard InChI is InChI=1S/C10H13Cl2NO/c1-7-3-2-4-9(10(7)12)13-6-8(14)5-11/h2-4,8,13-14H,5-6H2,1H3. The first-order valence-corrected chi connectivity index (χ1v) is 5.29. The van der Waals surface area contributed by atoms with Gasteiger partial charge >= 0.3 is 0 Å². The third kappa shape index (κ3) is 3.05. The van der Waals surface area contributed by atoms with Gasteiger partial charge in [0.2, 0.25) is 0 Å². The number of nitrogens with one attached hydrogen (secondary N) is 1. The van der Waals surface area contributed by atoms with E-state index < -0.39 is 6.10 Å². The van der Waals surface area contributed by atoms with Crippen LogP contribution in [0.5, 0.6) is 0 Å². The molecule has 1 rings (SSSR count). The minimum absolute atomic E-state index is 0.219. The van der Waals surface area contributed by atoms with E-state index in [2.05, 4.69) is 5.32 Å². The smallest absolute Gasteiger partial charge is 0.0847 e. The number of rotatable bonds is 4. The van der Waals surface area contributed by atoms with Crippen LogP contribution in [0, 0.1) is 6.92 Å². The van der Waals surface area contributed by atoms with E-state index in [1.54, 1.807) is 0 Å². The molecule has 0 amide bonds. The second kappa shape index (κ2) is 5.44. The highest BCUT2D eigenvalue weighted by atomic mass is 35.5. The van der Waals surface area contributed by atoms with Crippen molar-refractivity contribution in [3.05, 3.63) is 28.8 Å². The lowest BCUT2D eigenvalue weighted by molar-refractivity contribution is 0.211. The number of alkyl halides is 1. The van der Waals surface area contributed by atoms with Gasteiger partial charge in [-0.2, -0.15) is 0 Å². The molecule has 1 unspecified atom stereocenters. The number of aliphatic hydroxyl groups is 1. The highest BCUT2D eigenvalue weighted by Gasteiger charge is 2.05. The first-order chi connectivity index (χ1) is 6.65. The SMILES string of the molecule is Cc1cccc(NCC(O)CCl)c1Cl. The number of aliphatic hydroxyl groups excluding tert-OH is 1. The van der Waals surface area contributed by atoms with Crippen LogP contribution >= 0.6 is 23.2 Å². The van der Waals surface area contributed by atoms with Crippen molar-refractivity contribution in [1.82, 2.24) is 0 Å². The van der Waals surface area contributed by atoms with Gasteiger partial charge in [0.1, 0.15) is 0 Å². The predicted molar refractivity (Wildman–Crippen MR) is 61.4 cm³/mol. The van der Waals surface area contributed by atoms with Crippen molar-refractivity contribution in [2.45, 2.75) is 13.0 Å². The highest BCUT2D eigenvalue weighted by Crippen LogP contribution is 2.24. The predicted octanol–water partition coefficient (Wildman–Crippen LogP) is 2.66. The van der Waals surface area contributed by atoms with Crippen LogP contribution in [0.1, 0.15) is 5.56 Å². The van der Waals surface area contributed by atoms with E-state index in [9.17, 15) is 5.11 Å². The number of hydrogen-bond acceptors (Lipinski definition) is 2. The lowest BCUT2D eigenvalue weighted by Gasteiger charge is -2.12. The lowest BCUT2D eigenvalue weighted by Crippen LogP contribution is -2.20. The minimum atomic E-state index is -0.548. The monoisotopic (exact) mass is 233 g/mol. The van der Waals surface area contributed by atoms with E-state index in [1.165, 1.54) is 0 Å². The third-order valence-electron chi connectivity index (χ3n) is 1.90. The molecule has 0 aromatic heterocycles. The average Bonchev–Trinajstić information content (AvgIpc) is 2.20. The summed E-state index contributed by atoms with van der Waals surface area (Å²) in [5.41, 5.74) is 1.84. The normalized spacial score (nSPS) is 12.6. The molecular formula is C10H13Cl2NO. The summed E-state index contributed by atoms with van der Waals surface area (Å²) >= 11 is 11.5. The van der Waals surface area contributed by atoms with Crippen LogP contribution < -0.4 is 5.32 Å². The second-order valence-electron chi connectivity index (χ2n) is 3.13. The van der Waals surface area contributed by atoms with E-state index in [4.69, 9.17) is 23.2 Å². The van der Waals surface area contributed by atoms with Gasteiger partial charge in [-0.25, -0.2) is 0 Å². The van der Waals surface area contributed by atoms with Crippen LogP contribution in [0.3, 0.4) is 0 Å². The Hall–Kier alpha value is -0.440. The van der Waals surface area contributed by atoms with E-state index in [1.807, 2.05) is 25.1 Å². The van der Waals surface area contributed by atoms with Gasteiger partial charge in [0.25, 0.3) is 0 Å². The molecule has 78 valence electrons. The van der Waals surface area contributed by atoms with Gasteiger partial charge in [-0.05, 0) is 18.6 Å². The second-order valence-corrected chi connectivity index (χ2v) is 3.81. The Kier molecular flexibility index (Phi) is 4.52. The largest absolute Gasteiger partial charge is 0.390 e. The molecular weight excluding hydrogens is 221 g/mol. The summed E-state index contributed by atoms with van der Waals surface area (Å²) in [4.78, 5) is 0. The van der Waals surface area contributed by atoms with E-state index in [0.29, 0.717) is 11.6 Å². The Bertz CT molecular complexity index is 304. The maximum atomic E-state index is 9.24. The summed E-state index contributed by atoms with van der Waals surface area (Å²) in [6.45, 7) is 2.35. The van der Waals surface area contributed by atoms with Gasteiger partial charge in [-0.15, -0.1) is 11.6 Å². The Labute approximate surface area is 93.8 Å². The van der Waals surface area contributed by atoms with E-state index >= 15 is 0 Å². The molecule has 1 aromatic rings. The van der Waals surface area contributed by atoms with Crippen LogP contribution in [0.25, 0.3) is 0 Å². The summed E-state index contributed by atoms with van der Waals surface area (Å²) in [5.74, 6) is 0.219. The van der Waals surface area contributed by atoms with E-state index in [-0.39, 0.29) is 5.88 Å². The molecule has 2 N–H and O–H groups in total. The van der Waals surface area contributed by atoms with Gasteiger partial charge in [0.05, 0.1) is 22.7 Å². The topological polar surface area (TPSA) is 32.3 Å². The molecule has 0 heterocycles. The number of halogens is 2. The van der Waals surface area contributed by atoms with Crippen LogP contribution in [0.15, 0.2) is 18.2 Å². The number of anilines is 1. The van der Waals surface area contributed by atoms with Gasteiger partial charge < -0.3 is 10.4 Å². The summed E-state index contributed by atoms with van der Waals surface area (Å²) < 4.78 is 0. The van der Waals surface area contributed by atoms with Crippen molar-refractivity contribution in [1.29, 1.82) is 0 Å². The maximum Gasteiger partial charge on any atom is 0.0847 e. The quantitative estimate of drug-likeness (QED) is 0.785. The molecule has 1 aromatic carbocycles. The first kappa shape index (κ1) is 11.6. The molecule has 0 fully saturated rings. The summed E-state index contributed by atoms with van der Waals surface area (Å²) in [6, 6.07) is 5.72. The Morgan fingerprint density at radius 1 is 1.50 bits per heavy atom. The molecule has 0 saturated heterocycles. The molecule has 14 heavy (non-hydrogen) atoms. The lowest BCUT2D eigenvalue weighted by atomic mass is 10.2. The molecule has 0 aliphatic heterocycles. The van der Waals surface area contributed by atoms with Crippen molar-refractivity contribution in [2.75, 3.05) is 17.7 Å². The molecule has 0 aliphatic carbocycles. The number of benzene rings is 1. The molecule has 0 bridgehead atoms. The molecule has 0 spiro atoms. The van der Waals surface area contributed by atoms with Crippen molar-refractivity contribution in [3.8, 4) is 0 Å². The van der Waals surface area contributed by atoms with Crippen molar-refractivity contribution >= 4 is 28.9 Å². The maximum absolute atomic E-state index is 9.24. The van der Waals surface area contributed by atoms with E-state index in [0.717, 1.165) is 11.3 Å². The zero-order chi connectivity index (χ0) is 10.6. The average molecular weight is 234 g/mol. The van der Waals surface area contributed by atoms with Crippen molar-refractivity contribution in [2.24, 2.45) is 0 Å². The zero-order valence-electron chi connectivity index (χ0n) is 7.93. The van der Waals surface area contributed by atoms with Gasteiger partial charge in [0, 0.05) is 6.54 Å². The fourth-order valence-electron chi connectivity index (χ4n) is 1.07. The number of aryl methyl sites for hydroxylation is 1. The fourth-order valence-corrected chi connectivity index (χ4v) is 1.37. The minimum Gasteiger partial charge on any atom is -0.390 e. The van der Waals surface area contributed by atoms with Crippen LogP contribution in [0.4, 0.5) is 5.69 Å². The molecule has 0 saturated carbocycles. The molecule has 4 heteroatoms. The van der Waals surface area contributed by atoms with Gasteiger partial charge in [0.15, 0.2) is 0 Å². The first-order valence-electron chi connectivity index (χ1n) is 4.38. The van der Waals surface area contributed by atoms with Gasteiger partial charge in [-0.3, -0.25) is 0 Å². The number of hydrogen-bond donors (Lipinski definition) is 2. The summed E-state index contributed by atoms with van der Waals surface area (Å²) in [6.07, 6.45) is -0.548. The van der Waals surface area contributed by atoms with Crippen LogP contribution in [0.2, 0.25) is 5.02 Å². The van der Waals surface area contributed by atoms with Crippen LogP contribution in [-0.4, -0.2) is 23.6 Å². The summed E-state index contributed by atoms with van der Waals surface area (Å²) in [5, 5.41) is 13.0. The zero-order valence-corrected chi connectivity index (χ0v) is 9.44. The third-order valence-corrected chi connectivity index (χ3v) is 2.76. The molecule has 1 atom stereocenters. The Morgan fingerprint density at radius 2 is 2.21 bits per heavy atom. The fraction of sp³-hybridized carbons (Fsp3) is 0.400. The summed E-state index contributed by atoms with van der Waals surface area (Å²) in [7, 11) is 0. The van der Waals surface area contributed by atoms with Crippen molar-refractivity contribution < 1.29 is 5.11 Å². The Balaban J connectivity index is 2.63. The molecule has 2 nitrogen and oxygen atoms in total. The molecule has 0 aliphatic rings. The Morgan fingerprint density at radius 3 is 2.86 bits per heavy atom. The highest BCUT2D eigenvalue weighted by molar-refractivity contribution is 6.34. The van der Waals surface area contributed by atoms with Crippen molar-refractivity contribution in [3.63, 3.8) is 0 Å².